The molecule has 4 heteroatoms. The van der Waals surface area contributed by atoms with Gasteiger partial charge in [0.05, 0.1) is 0 Å². The predicted molar refractivity (Wildman–Crippen MR) is 51.2 cm³/mol. The SMILES string of the molecule is CB(O)N1CCC2(CC1)CC(F)C2. The molecule has 1 spiro atoms. The van der Waals surface area contributed by atoms with E-state index in [0.29, 0.717) is 5.41 Å². The van der Waals surface area contributed by atoms with Gasteiger partial charge in [-0.25, -0.2) is 4.39 Å². The molecule has 0 amide bonds. The number of halogens is 1. The van der Waals surface area contributed by atoms with Gasteiger partial charge in [0.2, 0.25) is 0 Å². The maximum Gasteiger partial charge on any atom is 0.376 e. The molecule has 2 aliphatic rings. The van der Waals surface area contributed by atoms with Gasteiger partial charge in [-0.2, -0.15) is 0 Å². The van der Waals surface area contributed by atoms with Crippen LogP contribution in [0.5, 0.6) is 0 Å². The normalized spacial score (nSPS) is 28.8. The summed E-state index contributed by atoms with van der Waals surface area (Å²) in [6.45, 7) is 3.67. The Bertz CT molecular complexity index is 184. The third-order valence-electron chi connectivity index (χ3n) is 3.70. The van der Waals surface area contributed by atoms with Crippen molar-refractivity contribution in [3.05, 3.63) is 0 Å². The summed E-state index contributed by atoms with van der Waals surface area (Å²) in [4.78, 5) is 2.07. The van der Waals surface area contributed by atoms with E-state index in [2.05, 4.69) is 4.81 Å². The van der Waals surface area contributed by atoms with Gasteiger partial charge in [0.1, 0.15) is 6.17 Å². The molecule has 1 heterocycles. The molecule has 0 unspecified atom stereocenters. The monoisotopic (exact) mass is 185 g/mol. The molecule has 1 N–H and O–H groups in total. The predicted octanol–water partition coefficient (Wildman–Crippen LogP) is 1.31. The lowest BCUT2D eigenvalue weighted by Gasteiger charge is -2.49. The highest BCUT2D eigenvalue weighted by molar-refractivity contribution is 6.45. The highest BCUT2D eigenvalue weighted by Gasteiger charge is 2.46. The molecule has 0 bridgehead atoms. The van der Waals surface area contributed by atoms with Crippen molar-refractivity contribution >= 4 is 7.05 Å². The Hall–Kier alpha value is -0.0851. The average molecular weight is 185 g/mol. The fourth-order valence-electron chi connectivity index (χ4n) is 2.66. The number of hydrogen-bond donors (Lipinski definition) is 1. The summed E-state index contributed by atoms with van der Waals surface area (Å²) in [6, 6.07) is 0. The van der Waals surface area contributed by atoms with Gasteiger partial charge < -0.3 is 9.83 Å². The Balaban J connectivity index is 1.83. The smallest absolute Gasteiger partial charge is 0.376 e. The van der Waals surface area contributed by atoms with Crippen molar-refractivity contribution in [2.45, 2.75) is 38.7 Å². The maximum atomic E-state index is 12.7. The summed E-state index contributed by atoms with van der Waals surface area (Å²) in [5, 5.41) is 9.34. The first-order valence-electron chi connectivity index (χ1n) is 5.18. The number of rotatable bonds is 1. The molecular formula is C9H17BFNO. The second kappa shape index (κ2) is 3.25. The third kappa shape index (κ3) is 1.74. The van der Waals surface area contributed by atoms with Crippen LogP contribution in [-0.4, -0.2) is 36.1 Å². The maximum absolute atomic E-state index is 12.7. The van der Waals surface area contributed by atoms with E-state index in [1.807, 2.05) is 0 Å². The van der Waals surface area contributed by atoms with Crippen LogP contribution < -0.4 is 0 Å². The molecule has 2 fully saturated rings. The zero-order valence-corrected chi connectivity index (χ0v) is 8.17. The molecule has 1 saturated heterocycles. The van der Waals surface area contributed by atoms with Crippen molar-refractivity contribution in [2.75, 3.05) is 13.1 Å². The number of alkyl halides is 1. The van der Waals surface area contributed by atoms with E-state index < -0.39 is 6.17 Å². The second-order valence-electron chi connectivity index (χ2n) is 4.67. The summed E-state index contributed by atoms with van der Waals surface area (Å²) in [5.74, 6) is 0. The van der Waals surface area contributed by atoms with Crippen molar-refractivity contribution < 1.29 is 9.41 Å². The van der Waals surface area contributed by atoms with Gasteiger partial charge in [0.15, 0.2) is 0 Å². The minimum absolute atomic E-state index is 0.310. The van der Waals surface area contributed by atoms with Crippen molar-refractivity contribution in [1.82, 2.24) is 4.81 Å². The Morgan fingerprint density at radius 1 is 1.38 bits per heavy atom. The van der Waals surface area contributed by atoms with E-state index in [4.69, 9.17) is 0 Å². The van der Waals surface area contributed by atoms with E-state index >= 15 is 0 Å². The van der Waals surface area contributed by atoms with E-state index in [1.54, 1.807) is 6.82 Å². The molecule has 1 saturated carbocycles. The molecule has 0 radical (unpaired) electrons. The lowest BCUT2D eigenvalue weighted by molar-refractivity contribution is -0.0166. The minimum atomic E-state index is -0.543. The summed E-state index contributed by atoms with van der Waals surface area (Å²) in [5.41, 5.74) is 0.310. The van der Waals surface area contributed by atoms with Crippen molar-refractivity contribution in [2.24, 2.45) is 5.41 Å². The molecule has 0 atom stereocenters. The van der Waals surface area contributed by atoms with Gasteiger partial charge in [-0.15, -0.1) is 0 Å². The lowest BCUT2D eigenvalue weighted by Crippen LogP contribution is -2.51. The molecule has 1 aliphatic carbocycles. The van der Waals surface area contributed by atoms with Gasteiger partial charge in [-0.3, -0.25) is 0 Å². The van der Waals surface area contributed by atoms with Crippen molar-refractivity contribution in [1.29, 1.82) is 0 Å². The quantitative estimate of drug-likeness (QED) is 0.622. The van der Waals surface area contributed by atoms with Gasteiger partial charge >= 0.3 is 7.05 Å². The largest absolute Gasteiger partial charge is 0.437 e. The molecule has 2 nitrogen and oxygen atoms in total. The number of nitrogens with zero attached hydrogens (tertiary/aromatic N) is 1. The van der Waals surface area contributed by atoms with Gasteiger partial charge in [-0.05, 0) is 51.0 Å². The van der Waals surface area contributed by atoms with Gasteiger partial charge in [0.25, 0.3) is 0 Å². The Morgan fingerprint density at radius 2 is 1.92 bits per heavy atom. The first-order chi connectivity index (χ1) is 6.11. The van der Waals surface area contributed by atoms with Gasteiger partial charge in [0, 0.05) is 0 Å². The molecule has 13 heavy (non-hydrogen) atoms. The van der Waals surface area contributed by atoms with E-state index in [9.17, 15) is 9.41 Å². The van der Waals surface area contributed by atoms with Crippen LogP contribution in [-0.2, 0) is 0 Å². The Kier molecular flexibility index (Phi) is 2.36. The van der Waals surface area contributed by atoms with Crippen LogP contribution in [0.25, 0.3) is 0 Å². The van der Waals surface area contributed by atoms with E-state index in [-0.39, 0.29) is 7.05 Å². The molecule has 0 aromatic heterocycles. The van der Waals surface area contributed by atoms with E-state index in [0.717, 1.165) is 38.8 Å². The highest BCUT2D eigenvalue weighted by Crippen LogP contribution is 2.50. The van der Waals surface area contributed by atoms with Crippen LogP contribution in [0.15, 0.2) is 0 Å². The average Bonchev–Trinajstić information content (AvgIpc) is 2.03. The second-order valence-corrected chi connectivity index (χ2v) is 4.67. The zero-order valence-electron chi connectivity index (χ0n) is 8.17. The fourth-order valence-corrected chi connectivity index (χ4v) is 2.66. The number of piperidine rings is 1. The Morgan fingerprint density at radius 3 is 2.31 bits per heavy atom. The molecule has 0 aromatic carbocycles. The third-order valence-corrected chi connectivity index (χ3v) is 3.70. The van der Waals surface area contributed by atoms with Crippen LogP contribution >= 0.6 is 0 Å². The van der Waals surface area contributed by atoms with Crippen LogP contribution in [0.4, 0.5) is 4.39 Å². The standard InChI is InChI=1S/C9H17BFNO/c1-10(13)12-4-2-9(3-5-12)6-8(11)7-9/h8,13H,2-7H2,1H3. The zero-order chi connectivity index (χ0) is 9.47. The highest BCUT2D eigenvalue weighted by atomic mass is 19.1. The minimum Gasteiger partial charge on any atom is -0.437 e. The number of hydrogen-bond acceptors (Lipinski definition) is 2. The summed E-state index contributed by atoms with van der Waals surface area (Å²) >= 11 is 0. The van der Waals surface area contributed by atoms with Crippen LogP contribution in [0, 0.1) is 5.41 Å². The van der Waals surface area contributed by atoms with Crippen LogP contribution in [0.2, 0.25) is 6.82 Å². The molecule has 1 aliphatic heterocycles. The molecule has 2 rings (SSSR count). The van der Waals surface area contributed by atoms with E-state index in [1.165, 1.54) is 0 Å². The van der Waals surface area contributed by atoms with Crippen LogP contribution in [0.1, 0.15) is 25.7 Å². The lowest BCUT2D eigenvalue weighted by atomic mass is 9.61. The van der Waals surface area contributed by atoms with Crippen LogP contribution in [0.3, 0.4) is 0 Å². The van der Waals surface area contributed by atoms with Crippen molar-refractivity contribution in [3.63, 3.8) is 0 Å². The van der Waals surface area contributed by atoms with Gasteiger partial charge in [-0.1, -0.05) is 0 Å². The summed E-state index contributed by atoms with van der Waals surface area (Å²) in [6.07, 6.45) is 3.12. The first kappa shape index (κ1) is 9.47. The molecule has 74 valence electrons. The molecular weight excluding hydrogens is 168 g/mol. The summed E-state index contributed by atoms with van der Waals surface area (Å²) < 4.78 is 12.7. The molecule has 0 aromatic rings. The van der Waals surface area contributed by atoms with Crippen molar-refractivity contribution in [3.8, 4) is 0 Å². The first-order valence-corrected chi connectivity index (χ1v) is 5.18. The Labute approximate surface area is 79.2 Å². The summed E-state index contributed by atoms with van der Waals surface area (Å²) in [7, 11) is -0.335. The topological polar surface area (TPSA) is 23.5 Å². The fraction of sp³-hybridized carbons (Fsp3) is 1.00.